The number of imide groups is 1. The molecule has 0 aliphatic rings. The van der Waals surface area contributed by atoms with Gasteiger partial charge in [0, 0.05) is 17.9 Å². The van der Waals surface area contributed by atoms with Gasteiger partial charge in [0.25, 0.3) is 0 Å². The lowest BCUT2D eigenvalue weighted by molar-refractivity contribution is -0.137. The van der Waals surface area contributed by atoms with Crippen molar-refractivity contribution in [1.82, 2.24) is 5.32 Å². The highest BCUT2D eigenvalue weighted by Gasteiger charge is 2.10. The van der Waals surface area contributed by atoms with Gasteiger partial charge >= 0.3 is 12.0 Å². The molecule has 6 nitrogen and oxygen atoms in total. The quantitative estimate of drug-likeness (QED) is 0.696. The molecule has 0 radical (unpaired) electrons. The maximum Gasteiger partial charge on any atom is 0.325 e. The van der Waals surface area contributed by atoms with E-state index in [-0.39, 0.29) is 12.8 Å². The zero-order valence-electron chi connectivity index (χ0n) is 11.0. The zero-order valence-corrected chi connectivity index (χ0v) is 12.5. The van der Waals surface area contributed by atoms with Crippen LogP contribution in [0.3, 0.4) is 0 Å². The summed E-state index contributed by atoms with van der Waals surface area (Å²) >= 11 is 11.6. The van der Waals surface area contributed by atoms with Crippen molar-refractivity contribution in [3.05, 3.63) is 28.2 Å². The molecule has 0 aromatic heterocycles. The largest absolute Gasteiger partial charge is 0.481 e. The van der Waals surface area contributed by atoms with Crippen LogP contribution in [0, 0.1) is 0 Å². The van der Waals surface area contributed by atoms with Crippen LogP contribution >= 0.6 is 23.2 Å². The first-order chi connectivity index (χ1) is 9.88. The van der Waals surface area contributed by atoms with Gasteiger partial charge < -0.3 is 10.4 Å². The highest BCUT2D eigenvalue weighted by molar-refractivity contribution is 6.35. The molecule has 0 saturated heterocycles. The average molecular weight is 333 g/mol. The maximum atomic E-state index is 11.6. The van der Waals surface area contributed by atoms with Gasteiger partial charge in [-0.1, -0.05) is 23.2 Å². The number of benzene rings is 1. The second-order valence-corrected chi connectivity index (χ2v) is 5.07. The smallest absolute Gasteiger partial charge is 0.325 e. The van der Waals surface area contributed by atoms with E-state index < -0.39 is 17.9 Å². The van der Waals surface area contributed by atoms with E-state index in [1.807, 2.05) is 0 Å². The Bertz CT molecular complexity index is 549. The van der Waals surface area contributed by atoms with Crippen molar-refractivity contribution in [2.75, 3.05) is 5.32 Å². The predicted molar refractivity (Wildman–Crippen MR) is 79.7 cm³/mol. The standard InChI is InChI=1S/C13H14Cl2N2O4/c14-8-5-6-9(15)10(7-8)16-13(21)17-11(18)3-1-2-4-12(19)20/h5-7H,1-4H2,(H,19,20)(H2,16,17,18,21). The molecule has 8 heteroatoms. The van der Waals surface area contributed by atoms with Crippen molar-refractivity contribution >= 4 is 46.8 Å². The molecule has 0 atom stereocenters. The number of hydrogen-bond acceptors (Lipinski definition) is 3. The van der Waals surface area contributed by atoms with Crippen LogP contribution in [0.5, 0.6) is 0 Å². The number of halogens is 2. The monoisotopic (exact) mass is 332 g/mol. The molecular weight excluding hydrogens is 319 g/mol. The van der Waals surface area contributed by atoms with Gasteiger partial charge in [0.1, 0.15) is 0 Å². The summed E-state index contributed by atoms with van der Waals surface area (Å²) < 4.78 is 0. The van der Waals surface area contributed by atoms with Crippen LogP contribution < -0.4 is 10.6 Å². The fourth-order valence-electron chi connectivity index (χ4n) is 1.50. The molecular formula is C13H14Cl2N2O4. The number of rotatable bonds is 6. The molecule has 0 spiro atoms. The van der Waals surface area contributed by atoms with Crippen molar-refractivity contribution < 1.29 is 19.5 Å². The number of amides is 3. The van der Waals surface area contributed by atoms with E-state index in [2.05, 4.69) is 10.6 Å². The van der Waals surface area contributed by atoms with Crippen LogP contribution in [0.15, 0.2) is 18.2 Å². The summed E-state index contributed by atoms with van der Waals surface area (Å²) in [5.41, 5.74) is 0.292. The van der Waals surface area contributed by atoms with Crippen molar-refractivity contribution in [2.24, 2.45) is 0 Å². The molecule has 21 heavy (non-hydrogen) atoms. The number of unbranched alkanes of at least 4 members (excludes halogenated alkanes) is 1. The summed E-state index contributed by atoms with van der Waals surface area (Å²) in [5.74, 6) is -1.40. The van der Waals surface area contributed by atoms with Gasteiger partial charge in [-0.15, -0.1) is 0 Å². The number of carbonyl (C=O) groups is 3. The minimum atomic E-state index is -0.913. The first kappa shape index (κ1) is 17.3. The molecule has 3 N–H and O–H groups in total. The molecule has 0 saturated carbocycles. The second kappa shape index (κ2) is 8.49. The number of anilines is 1. The van der Waals surface area contributed by atoms with Gasteiger partial charge in [-0.05, 0) is 31.0 Å². The molecule has 0 fully saturated rings. The van der Waals surface area contributed by atoms with Crippen LogP contribution in [0.25, 0.3) is 0 Å². The van der Waals surface area contributed by atoms with Gasteiger partial charge in [-0.2, -0.15) is 0 Å². The first-order valence-corrected chi connectivity index (χ1v) is 6.92. The molecule has 0 aliphatic heterocycles. The molecule has 0 heterocycles. The highest BCUT2D eigenvalue weighted by Crippen LogP contribution is 2.25. The summed E-state index contributed by atoms with van der Waals surface area (Å²) in [4.78, 5) is 33.3. The maximum absolute atomic E-state index is 11.6. The average Bonchev–Trinajstić information content (AvgIpc) is 2.38. The van der Waals surface area contributed by atoms with Crippen LogP contribution in [-0.2, 0) is 9.59 Å². The second-order valence-electron chi connectivity index (χ2n) is 4.23. The van der Waals surface area contributed by atoms with E-state index in [1.165, 1.54) is 12.1 Å². The van der Waals surface area contributed by atoms with Crippen LogP contribution in [-0.4, -0.2) is 23.0 Å². The summed E-state index contributed by atoms with van der Waals surface area (Å²) in [6, 6.07) is 3.83. The Balaban J connectivity index is 2.37. The van der Waals surface area contributed by atoms with E-state index in [1.54, 1.807) is 6.07 Å². The fourth-order valence-corrected chi connectivity index (χ4v) is 1.83. The first-order valence-electron chi connectivity index (χ1n) is 6.16. The van der Waals surface area contributed by atoms with Crippen molar-refractivity contribution in [3.63, 3.8) is 0 Å². The van der Waals surface area contributed by atoms with Gasteiger partial charge in [-0.25, -0.2) is 4.79 Å². The molecule has 1 aromatic carbocycles. The summed E-state index contributed by atoms with van der Waals surface area (Å²) in [7, 11) is 0. The number of urea groups is 1. The van der Waals surface area contributed by atoms with Crippen LogP contribution in [0.4, 0.5) is 10.5 Å². The lowest BCUT2D eigenvalue weighted by atomic mass is 10.2. The predicted octanol–water partition coefficient (Wildman–Crippen LogP) is 3.29. The minimum absolute atomic E-state index is 0.00238. The molecule has 0 bridgehead atoms. The topological polar surface area (TPSA) is 95.5 Å². The third-order valence-corrected chi connectivity index (χ3v) is 3.04. The van der Waals surface area contributed by atoms with Crippen LogP contribution in [0.2, 0.25) is 10.0 Å². The Kier molecular flexibility index (Phi) is 6.98. The van der Waals surface area contributed by atoms with Crippen molar-refractivity contribution in [3.8, 4) is 0 Å². The third-order valence-electron chi connectivity index (χ3n) is 2.47. The number of carboxylic acid groups (broad SMARTS) is 1. The fraction of sp³-hybridized carbons (Fsp3) is 0.308. The summed E-state index contributed by atoms with van der Waals surface area (Å²) in [5, 5.41) is 13.7. The molecule has 0 unspecified atom stereocenters. The Morgan fingerprint density at radius 2 is 1.76 bits per heavy atom. The highest BCUT2D eigenvalue weighted by atomic mass is 35.5. The number of aliphatic carboxylic acids is 1. The summed E-state index contributed by atoms with van der Waals surface area (Å²) in [6.45, 7) is 0. The Morgan fingerprint density at radius 3 is 2.43 bits per heavy atom. The van der Waals surface area contributed by atoms with Gasteiger partial charge in [0.05, 0.1) is 10.7 Å². The van der Waals surface area contributed by atoms with Gasteiger partial charge in [0.2, 0.25) is 5.91 Å². The molecule has 1 aromatic rings. The number of hydrogen-bond donors (Lipinski definition) is 3. The number of carboxylic acids is 1. The van der Waals surface area contributed by atoms with E-state index >= 15 is 0 Å². The van der Waals surface area contributed by atoms with Crippen molar-refractivity contribution in [2.45, 2.75) is 25.7 Å². The Morgan fingerprint density at radius 1 is 1.10 bits per heavy atom. The lowest BCUT2D eigenvalue weighted by Crippen LogP contribution is -2.34. The number of nitrogens with one attached hydrogen (secondary N) is 2. The molecule has 114 valence electrons. The van der Waals surface area contributed by atoms with Crippen LogP contribution in [0.1, 0.15) is 25.7 Å². The van der Waals surface area contributed by atoms with E-state index in [9.17, 15) is 14.4 Å². The Labute approximate surface area is 131 Å². The zero-order chi connectivity index (χ0) is 15.8. The third kappa shape index (κ3) is 6.97. The SMILES string of the molecule is O=C(O)CCCCC(=O)NC(=O)Nc1cc(Cl)ccc1Cl. The Hall–Kier alpha value is -1.79. The lowest BCUT2D eigenvalue weighted by Gasteiger charge is -2.08. The molecule has 3 amide bonds. The van der Waals surface area contributed by atoms with E-state index in [0.29, 0.717) is 28.6 Å². The molecule has 1 rings (SSSR count). The normalized spacial score (nSPS) is 10.0. The van der Waals surface area contributed by atoms with E-state index in [0.717, 1.165) is 0 Å². The van der Waals surface area contributed by atoms with Gasteiger partial charge in [-0.3, -0.25) is 14.9 Å². The van der Waals surface area contributed by atoms with Crippen molar-refractivity contribution in [1.29, 1.82) is 0 Å². The van der Waals surface area contributed by atoms with E-state index in [4.69, 9.17) is 28.3 Å². The molecule has 0 aliphatic carbocycles. The number of carbonyl (C=O) groups excluding carboxylic acids is 2. The summed E-state index contributed by atoms with van der Waals surface area (Å²) in [6.07, 6.45) is 0.843. The van der Waals surface area contributed by atoms with Gasteiger partial charge in [0.15, 0.2) is 0 Å². The minimum Gasteiger partial charge on any atom is -0.481 e.